The first kappa shape index (κ1) is 10.7. The molecule has 0 aromatic heterocycles. The van der Waals surface area contributed by atoms with E-state index in [1.165, 1.54) is 38.9 Å². The van der Waals surface area contributed by atoms with E-state index < -0.39 is 0 Å². The van der Waals surface area contributed by atoms with E-state index in [-0.39, 0.29) is 0 Å². The summed E-state index contributed by atoms with van der Waals surface area (Å²) >= 11 is 0. The second kappa shape index (κ2) is 4.11. The van der Waals surface area contributed by atoms with Gasteiger partial charge in [0, 0.05) is 38.0 Å². The molecule has 0 N–H and O–H groups in total. The molecule has 0 amide bonds. The van der Waals surface area contributed by atoms with Crippen molar-refractivity contribution in [3.8, 4) is 0 Å². The molecule has 0 aromatic carbocycles. The number of carbonyl (C=O) groups excluding carboxylic acids is 1. The molecule has 0 spiro atoms. The summed E-state index contributed by atoms with van der Waals surface area (Å²) in [6, 6.07) is 1.19. The summed E-state index contributed by atoms with van der Waals surface area (Å²) in [7, 11) is 2.22. The van der Waals surface area contributed by atoms with Crippen molar-refractivity contribution in [2.24, 2.45) is 5.92 Å². The normalized spacial score (nSPS) is 40.8. The van der Waals surface area contributed by atoms with Gasteiger partial charge in [0.15, 0.2) is 0 Å². The van der Waals surface area contributed by atoms with Gasteiger partial charge >= 0.3 is 0 Å². The van der Waals surface area contributed by atoms with Gasteiger partial charge in [-0.2, -0.15) is 0 Å². The zero-order chi connectivity index (χ0) is 11.1. The molecule has 3 saturated heterocycles. The number of carbonyl (C=O) groups is 1. The maximum atomic E-state index is 11.5. The number of fused-ring (bicyclic) bond motifs is 2. The number of piperidine rings is 1. The summed E-state index contributed by atoms with van der Waals surface area (Å²) in [5.41, 5.74) is 0. The molecule has 0 aromatic rings. The number of rotatable bonds is 2. The smallest absolute Gasteiger partial charge is 0.136 e. The summed E-state index contributed by atoms with van der Waals surface area (Å²) in [4.78, 5) is 16.6. The molecular weight excluding hydrogens is 200 g/mol. The molecule has 90 valence electrons. The van der Waals surface area contributed by atoms with Gasteiger partial charge in [-0.15, -0.1) is 0 Å². The lowest BCUT2D eigenvalue weighted by Crippen LogP contribution is -2.45. The van der Waals surface area contributed by atoms with Gasteiger partial charge in [-0.05, 0) is 38.8 Å². The van der Waals surface area contributed by atoms with Crippen molar-refractivity contribution in [2.45, 2.75) is 44.2 Å². The Labute approximate surface area is 97.8 Å². The van der Waals surface area contributed by atoms with Crippen LogP contribution < -0.4 is 0 Å². The third kappa shape index (κ3) is 1.91. The molecule has 3 heterocycles. The van der Waals surface area contributed by atoms with E-state index in [4.69, 9.17) is 0 Å². The maximum absolute atomic E-state index is 11.5. The summed E-state index contributed by atoms with van der Waals surface area (Å²) in [5, 5.41) is 0. The van der Waals surface area contributed by atoms with Crippen LogP contribution in [0, 0.1) is 5.92 Å². The van der Waals surface area contributed by atoms with Gasteiger partial charge in [0.05, 0.1) is 0 Å². The zero-order valence-corrected chi connectivity index (χ0v) is 10.2. The van der Waals surface area contributed by atoms with Crippen LogP contribution in [0.4, 0.5) is 0 Å². The number of nitrogens with zero attached hydrogens (tertiary/aromatic N) is 2. The first-order valence-electron chi connectivity index (χ1n) is 6.68. The highest BCUT2D eigenvalue weighted by molar-refractivity contribution is 5.80. The van der Waals surface area contributed by atoms with Crippen LogP contribution in [0.25, 0.3) is 0 Å². The number of Topliss-reactive ketones (excluding diaryl/α,β-unsaturated/α-hetero) is 1. The minimum Gasteiger partial charge on any atom is -0.306 e. The molecule has 3 rings (SSSR count). The average Bonchev–Trinajstić information content (AvgIpc) is 2.72. The minimum atomic E-state index is 0.507. The van der Waals surface area contributed by atoms with Crippen LogP contribution in [-0.4, -0.2) is 54.3 Å². The molecule has 0 saturated carbocycles. The van der Waals surface area contributed by atoms with Crippen LogP contribution in [0.3, 0.4) is 0 Å². The molecule has 16 heavy (non-hydrogen) atoms. The second-order valence-electron chi connectivity index (χ2n) is 5.95. The highest BCUT2D eigenvalue weighted by atomic mass is 16.1. The van der Waals surface area contributed by atoms with Gasteiger partial charge in [0.25, 0.3) is 0 Å². The summed E-state index contributed by atoms with van der Waals surface area (Å²) < 4.78 is 0. The maximum Gasteiger partial charge on any atom is 0.136 e. The highest BCUT2D eigenvalue weighted by Crippen LogP contribution is 2.35. The van der Waals surface area contributed by atoms with Crippen LogP contribution in [0.2, 0.25) is 0 Å². The number of likely N-dealkylation sites (tertiary alicyclic amines) is 1. The summed E-state index contributed by atoms with van der Waals surface area (Å²) in [6.45, 7) is 3.75. The van der Waals surface area contributed by atoms with Gasteiger partial charge in [-0.25, -0.2) is 0 Å². The monoisotopic (exact) mass is 222 g/mol. The Bertz CT molecular complexity index is 276. The van der Waals surface area contributed by atoms with Crippen LogP contribution in [0.5, 0.6) is 0 Å². The predicted octanol–water partition coefficient (Wildman–Crippen LogP) is 1.13. The summed E-state index contributed by atoms with van der Waals surface area (Å²) in [5.74, 6) is 1.36. The van der Waals surface area contributed by atoms with Crippen molar-refractivity contribution in [3.05, 3.63) is 0 Å². The van der Waals surface area contributed by atoms with Gasteiger partial charge in [-0.3, -0.25) is 9.69 Å². The lowest BCUT2D eigenvalue weighted by atomic mass is 9.99. The first-order valence-corrected chi connectivity index (χ1v) is 6.68. The number of ketones is 1. The Morgan fingerprint density at radius 1 is 1.19 bits per heavy atom. The van der Waals surface area contributed by atoms with Crippen molar-refractivity contribution < 1.29 is 4.79 Å². The highest BCUT2D eigenvalue weighted by Gasteiger charge is 2.41. The quantitative estimate of drug-likeness (QED) is 0.700. The molecule has 0 aliphatic carbocycles. The van der Waals surface area contributed by atoms with E-state index in [2.05, 4.69) is 16.8 Å². The van der Waals surface area contributed by atoms with Crippen LogP contribution >= 0.6 is 0 Å². The molecule has 3 heteroatoms. The fraction of sp³-hybridized carbons (Fsp3) is 0.923. The fourth-order valence-corrected chi connectivity index (χ4v) is 3.83. The fourth-order valence-electron chi connectivity index (χ4n) is 3.83. The molecule has 3 aliphatic heterocycles. The largest absolute Gasteiger partial charge is 0.306 e. The lowest BCUT2D eigenvalue weighted by molar-refractivity contribution is -0.123. The molecular formula is C13H22N2O. The van der Waals surface area contributed by atoms with E-state index in [1.54, 1.807) is 0 Å². The lowest BCUT2D eigenvalue weighted by Gasteiger charge is -2.35. The van der Waals surface area contributed by atoms with Crippen molar-refractivity contribution in [2.75, 3.05) is 26.7 Å². The van der Waals surface area contributed by atoms with Crippen LogP contribution in [0.15, 0.2) is 0 Å². The zero-order valence-electron chi connectivity index (χ0n) is 10.2. The molecule has 3 unspecified atom stereocenters. The topological polar surface area (TPSA) is 23.6 Å². The van der Waals surface area contributed by atoms with Crippen molar-refractivity contribution >= 4 is 5.78 Å². The SMILES string of the molecule is CN1CCC(CN2C3CCC2CC(=O)C3)C1. The van der Waals surface area contributed by atoms with Crippen molar-refractivity contribution in [1.82, 2.24) is 9.80 Å². The van der Waals surface area contributed by atoms with Gasteiger partial charge in [0.2, 0.25) is 0 Å². The average molecular weight is 222 g/mol. The Kier molecular flexibility index (Phi) is 2.76. The standard InChI is InChI=1S/C13H22N2O/c1-14-5-4-10(8-14)9-15-11-2-3-12(15)7-13(16)6-11/h10-12H,2-9H2,1H3. The molecule has 3 nitrogen and oxygen atoms in total. The van der Waals surface area contributed by atoms with E-state index >= 15 is 0 Å². The molecule has 3 aliphatic rings. The number of hydrogen-bond donors (Lipinski definition) is 0. The Hall–Kier alpha value is -0.410. The van der Waals surface area contributed by atoms with Crippen LogP contribution in [-0.2, 0) is 4.79 Å². The van der Waals surface area contributed by atoms with E-state index in [9.17, 15) is 4.79 Å². The Morgan fingerprint density at radius 3 is 2.44 bits per heavy atom. The third-order valence-corrected chi connectivity index (χ3v) is 4.66. The van der Waals surface area contributed by atoms with Gasteiger partial charge in [-0.1, -0.05) is 0 Å². The van der Waals surface area contributed by atoms with E-state index in [0.717, 1.165) is 18.8 Å². The second-order valence-corrected chi connectivity index (χ2v) is 5.95. The summed E-state index contributed by atoms with van der Waals surface area (Å²) in [6.07, 6.45) is 5.54. The third-order valence-electron chi connectivity index (χ3n) is 4.66. The van der Waals surface area contributed by atoms with E-state index in [1.807, 2.05) is 0 Å². The predicted molar refractivity (Wildman–Crippen MR) is 63.4 cm³/mol. The van der Waals surface area contributed by atoms with Gasteiger partial charge < -0.3 is 4.90 Å². The number of hydrogen-bond acceptors (Lipinski definition) is 3. The molecule has 3 fully saturated rings. The first-order chi connectivity index (χ1) is 7.72. The van der Waals surface area contributed by atoms with Crippen molar-refractivity contribution in [3.63, 3.8) is 0 Å². The minimum absolute atomic E-state index is 0.507. The van der Waals surface area contributed by atoms with Crippen molar-refractivity contribution in [1.29, 1.82) is 0 Å². The van der Waals surface area contributed by atoms with Crippen LogP contribution in [0.1, 0.15) is 32.1 Å². The molecule has 2 bridgehead atoms. The molecule has 3 atom stereocenters. The van der Waals surface area contributed by atoms with E-state index in [0.29, 0.717) is 17.9 Å². The van der Waals surface area contributed by atoms with Gasteiger partial charge in [0.1, 0.15) is 5.78 Å². The Morgan fingerprint density at radius 2 is 1.88 bits per heavy atom. The Balaban J connectivity index is 1.61. The molecule has 0 radical (unpaired) electrons.